The molecule has 5 heteroatoms. The maximum absolute atomic E-state index is 15.4. The summed E-state index contributed by atoms with van der Waals surface area (Å²) in [5.74, 6) is 0.974. The summed E-state index contributed by atoms with van der Waals surface area (Å²) < 4.78 is 17.6. The molecular formula is C40H28N3OP. The molecule has 2 aromatic heterocycles. The van der Waals surface area contributed by atoms with Gasteiger partial charge in [0.05, 0.1) is 22.2 Å². The van der Waals surface area contributed by atoms with Gasteiger partial charge in [0.2, 0.25) is 0 Å². The van der Waals surface area contributed by atoms with E-state index in [-0.39, 0.29) is 0 Å². The lowest BCUT2D eigenvalue weighted by atomic mass is 9.94. The van der Waals surface area contributed by atoms with Crippen molar-refractivity contribution in [3.8, 4) is 27.9 Å². The van der Waals surface area contributed by atoms with Crippen LogP contribution in [0.5, 0.6) is 0 Å². The Balaban J connectivity index is 1.22. The number of aryl methyl sites for hydroxylation is 1. The number of rotatable bonds is 4. The minimum Gasteiger partial charge on any atom is -0.308 e. The first-order chi connectivity index (χ1) is 22.1. The van der Waals surface area contributed by atoms with E-state index < -0.39 is 7.14 Å². The molecule has 4 nitrogen and oxygen atoms in total. The molecule has 0 fully saturated rings. The normalized spacial score (nSPS) is 15.5. The molecule has 9 rings (SSSR count). The van der Waals surface area contributed by atoms with Gasteiger partial charge < -0.3 is 4.57 Å². The minimum atomic E-state index is -3.13. The number of benzene rings is 6. The van der Waals surface area contributed by atoms with Crippen LogP contribution in [0.4, 0.5) is 0 Å². The first kappa shape index (κ1) is 26.1. The van der Waals surface area contributed by atoms with Gasteiger partial charge in [-0.15, -0.1) is 0 Å². The van der Waals surface area contributed by atoms with E-state index in [4.69, 9.17) is 9.97 Å². The Hall–Kier alpha value is -5.31. The highest BCUT2D eigenvalue weighted by Gasteiger charge is 2.39. The number of hydrogen-bond donors (Lipinski definition) is 0. The largest absolute Gasteiger partial charge is 0.308 e. The number of aromatic nitrogens is 3. The molecule has 45 heavy (non-hydrogen) atoms. The second-order valence-electron chi connectivity index (χ2n) is 11.6. The number of pyridine rings is 1. The maximum Gasteiger partial charge on any atom is 0.175 e. The van der Waals surface area contributed by atoms with E-state index in [0.29, 0.717) is 0 Å². The van der Waals surface area contributed by atoms with Crippen LogP contribution in [0.25, 0.3) is 60.6 Å². The molecule has 0 N–H and O–H groups in total. The van der Waals surface area contributed by atoms with Crippen LogP contribution in [0, 0.1) is 0 Å². The molecule has 1 aliphatic rings. The molecule has 3 heterocycles. The molecule has 1 atom stereocenters. The fraction of sp³-hybridized carbons (Fsp3) is 0.0500. The van der Waals surface area contributed by atoms with Crippen LogP contribution >= 0.6 is 7.14 Å². The fourth-order valence-corrected chi connectivity index (χ4v) is 10.1. The van der Waals surface area contributed by atoms with E-state index >= 15 is 4.57 Å². The van der Waals surface area contributed by atoms with Gasteiger partial charge in [-0.1, -0.05) is 104 Å². The van der Waals surface area contributed by atoms with Gasteiger partial charge in [-0.05, 0) is 64.0 Å². The summed E-state index contributed by atoms with van der Waals surface area (Å²) >= 11 is 0. The standard InChI is InChI=1S/C40H28N3OP/c1-2-38-42-34-15-8-16-37-40(34)43(38)35-25-28(21-22-36(35)45(37,44)30-11-4-3-5-12-30)26-17-19-27(20-18-26)33-24-29-10-6-7-13-31(29)39-32(33)14-9-23-41-39/h3-25H,2H2,1H3. The van der Waals surface area contributed by atoms with E-state index in [2.05, 4.69) is 90.4 Å². The third kappa shape index (κ3) is 3.76. The predicted molar refractivity (Wildman–Crippen MR) is 187 cm³/mol. The van der Waals surface area contributed by atoms with Crippen molar-refractivity contribution in [2.24, 2.45) is 0 Å². The molecule has 214 valence electrons. The summed E-state index contributed by atoms with van der Waals surface area (Å²) in [6.45, 7) is 2.13. The molecule has 0 bridgehead atoms. The first-order valence-electron chi connectivity index (χ1n) is 15.3. The molecule has 6 aromatic carbocycles. The zero-order chi connectivity index (χ0) is 30.1. The number of fused-ring (bicyclic) bond motifs is 5. The lowest BCUT2D eigenvalue weighted by Gasteiger charge is -2.29. The van der Waals surface area contributed by atoms with Crippen molar-refractivity contribution in [1.29, 1.82) is 0 Å². The van der Waals surface area contributed by atoms with Crippen LogP contribution in [-0.4, -0.2) is 14.5 Å². The Labute approximate surface area is 261 Å². The molecule has 1 aliphatic heterocycles. The number of para-hydroxylation sites is 1. The van der Waals surface area contributed by atoms with Crippen LogP contribution in [0.3, 0.4) is 0 Å². The van der Waals surface area contributed by atoms with Gasteiger partial charge in [0, 0.05) is 39.3 Å². The van der Waals surface area contributed by atoms with Crippen molar-refractivity contribution in [2.45, 2.75) is 13.3 Å². The van der Waals surface area contributed by atoms with Crippen molar-refractivity contribution >= 4 is 55.8 Å². The number of nitrogens with zero attached hydrogens (tertiary/aromatic N) is 3. The quantitative estimate of drug-likeness (QED) is 0.151. The van der Waals surface area contributed by atoms with Gasteiger partial charge in [0.25, 0.3) is 0 Å². The van der Waals surface area contributed by atoms with Crippen molar-refractivity contribution in [3.63, 3.8) is 0 Å². The molecule has 0 aliphatic carbocycles. The smallest absolute Gasteiger partial charge is 0.175 e. The van der Waals surface area contributed by atoms with Crippen LogP contribution < -0.4 is 15.9 Å². The van der Waals surface area contributed by atoms with Crippen molar-refractivity contribution in [3.05, 3.63) is 145 Å². The zero-order valence-corrected chi connectivity index (χ0v) is 25.6. The second-order valence-corrected chi connectivity index (χ2v) is 14.3. The van der Waals surface area contributed by atoms with Crippen LogP contribution in [-0.2, 0) is 11.0 Å². The average Bonchev–Trinajstić information content (AvgIpc) is 3.50. The van der Waals surface area contributed by atoms with Gasteiger partial charge >= 0.3 is 0 Å². The lowest BCUT2D eigenvalue weighted by molar-refractivity contribution is 0.592. The third-order valence-corrected chi connectivity index (χ3v) is 12.3. The van der Waals surface area contributed by atoms with E-state index in [9.17, 15) is 0 Å². The van der Waals surface area contributed by atoms with Gasteiger partial charge in [-0.3, -0.25) is 9.55 Å². The molecule has 0 saturated carbocycles. The Kier molecular flexibility index (Phi) is 5.72. The SMILES string of the molecule is CCc1nc2cccc3c2n1-c1cc(-c2ccc(-c4cc5ccccc5c5ncccc45)cc2)ccc1P3(=O)c1ccccc1. The molecular weight excluding hydrogens is 569 g/mol. The fourth-order valence-electron chi connectivity index (χ4n) is 7.09. The summed E-state index contributed by atoms with van der Waals surface area (Å²) in [5.41, 5.74) is 8.31. The second kappa shape index (κ2) is 9.85. The zero-order valence-electron chi connectivity index (χ0n) is 24.7. The van der Waals surface area contributed by atoms with Gasteiger partial charge in [0.15, 0.2) is 7.14 Å². The lowest BCUT2D eigenvalue weighted by Crippen LogP contribution is -2.33. The van der Waals surface area contributed by atoms with Gasteiger partial charge in [-0.2, -0.15) is 0 Å². The Morgan fingerprint density at radius 3 is 2.27 bits per heavy atom. The molecule has 8 aromatic rings. The topological polar surface area (TPSA) is 47.8 Å². The molecule has 1 unspecified atom stereocenters. The summed E-state index contributed by atoms with van der Waals surface area (Å²) in [7, 11) is -3.13. The van der Waals surface area contributed by atoms with E-state index in [0.717, 1.165) is 77.9 Å². The number of imidazole rings is 1. The van der Waals surface area contributed by atoms with Crippen LogP contribution in [0.1, 0.15) is 12.7 Å². The third-order valence-electron chi connectivity index (χ3n) is 9.20. The minimum absolute atomic E-state index is 0.774. The summed E-state index contributed by atoms with van der Waals surface area (Å²) in [6.07, 6.45) is 2.64. The highest BCUT2D eigenvalue weighted by atomic mass is 31.2. The molecule has 0 saturated heterocycles. The highest BCUT2D eigenvalue weighted by Crippen LogP contribution is 2.50. The van der Waals surface area contributed by atoms with E-state index in [1.807, 2.05) is 60.8 Å². The summed E-state index contributed by atoms with van der Waals surface area (Å²) in [4.78, 5) is 9.74. The molecule has 0 amide bonds. The summed E-state index contributed by atoms with van der Waals surface area (Å²) in [6, 6.07) is 46.0. The maximum atomic E-state index is 15.4. The predicted octanol–water partition coefficient (Wildman–Crippen LogP) is 8.58. The van der Waals surface area contributed by atoms with Crippen LogP contribution in [0.15, 0.2) is 140 Å². The van der Waals surface area contributed by atoms with Crippen LogP contribution in [0.2, 0.25) is 0 Å². The molecule has 0 spiro atoms. The Morgan fingerprint density at radius 2 is 1.42 bits per heavy atom. The Bertz CT molecular complexity index is 2500. The first-order valence-corrected chi connectivity index (χ1v) is 17.0. The highest BCUT2D eigenvalue weighted by molar-refractivity contribution is 7.86. The average molecular weight is 598 g/mol. The number of hydrogen-bond acceptors (Lipinski definition) is 3. The van der Waals surface area contributed by atoms with Gasteiger partial charge in [-0.25, -0.2) is 4.98 Å². The molecule has 0 radical (unpaired) electrons. The monoisotopic (exact) mass is 597 g/mol. The Morgan fingerprint density at radius 1 is 0.667 bits per heavy atom. The summed E-state index contributed by atoms with van der Waals surface area (Å²) in [5, 5.41) is 6.05. The van der Waals surface area contributed by atoms with Crippen molar-refractivity contribution < 1.29 is 4.57 Å². The van der Waals surface area contributed by atoms with E-state index in [1.165, 1.54) is 10.9 Å². The van der Waals surface area contributed by atoms with Gasteiger partial charge in [0.1, 0.15) is 5.82 Å². The van der Waals surface area contributed by atoms with Crippen molar-refractivity contribution in [1.82, 2.24) is 14.5 Å². The van der Waals surface area contributed by atoms with Crippen molar-refractivity contribution in [2.75, 3.05) is 0 Å². The van der Waals surface area contributed by atoms with E-state index in [1.54, 1.807) is 0 Å².